The lowest BCUT2D eigenvalue weighted by atomic mass is 9.85. The van der Waals surface area contributed by atoms with Crippen molar-refractivity contribution in [1.82, 2.24) is 10.3 Å². The molecular weight excluding hydrogens is 336 g/mol. The van der Waals surface area contributed by atoms with Crippen molar-refractivity contribution in [1.29, 1.82) is 0 Å². The van der Waals surface area contributed by atoms with Crippen molar-refractivity contribution in [2.45, 2.75) is 19.3 Å². The zero-order valence-corrected chi connectivity index (χ0v) is 15.7. The highest BCUT2D eigenvalue weighted by molar-refractivity contribution is 5.87. The monoisotopic (exact) mass is 360 g/mol. The average Bonchev–Trinajstić information content (AvgIpc) is 2.72. The van der Waals surface area contributed by atoms with Crippen LogP contribution in [0.1, 0.15) is 19.4 Å². The lowest BCUT2D eigenvalue weighted by Crippen LogP contribution is -2.41. The van der Waals surface area contributed by atoms with E-state index in [0.29, 0.717) is 13.2 Å². The molecule has 1 N–H and O–H groups in total. The molecule has 4 heteroatoms. The first kappa shape index (κ1) is 18.6. The Hall–Kier alpha value is -3.14. The Kier molecular flexibility index (Phi) is 5.87. The minimum atomic E-state index is -0.643. The Balaban J connectivity index is 1.58. The van der Waals surface area contributed by atoms with E-state index in [4.69, 9.17) is 4.74 Å². The zero-order chi connectivity index (χ0) is 19.1. The van der Waals surface area contributed by atoms with Crippen molar-refractivity contribution in [2.75, 3.05) is 13.2 Å². The number of aromatic nitrogens is 1. The Morgan fingerprint density at radius 3 is 2.48 bits per heavy atom. The predicted molar refractivity (Wildman–Crippen MR) is 108 cm³/mol. The van der Waals surface area contributed by atoms with Gasteiger partial charge in [-0.15, -0.1) is 0 Å². The molecular formula is C23H24N2O2. The second-order valence-electron chi connectivity index (χ2n) is 6.83. The highest BCUT2D eigenvalue weighted by Crippen LogP contribution is 2.29. The van der Waals surface area contributed by atoms with Crippen LogP contribution in [-0.2, 0) is 10.2 Å². The van der Waals surface area contributed by atoms with Crippen LogP contribution in [0.5, 0.6) is 5.75 Å². The second-order valence-corrected chi connectivity index (χ2v) is 6.83. The topological polar surface area (TPSA) is 51.2 Å². The van der Waals surface area contributed by atoms with Crippen molar-refractivity contribution in [3.05, 3.63) is 84.7 Å². The molecule has 0 saturated carbocycles. The van der Waals surface area contributed by atoms with Gasteiger partial charge < -0.3 is 10.1 Å². The van der Waals surface area contributed by atoms with Gasteiger partial charge in [0.05, 0.1) is 12.0 Å². The highest BCUT2D eigenvalue weighted by Gasteiger charge is 2.29. The number of amides is 1. The molecule has 0 radical (unpaired) electrons. The normalized spacial score (nSPS) is 11.0. The molecule has 0 aliphatic heterocycles. The number of hydrogen-bond donors (Lipinski definition) is 1. The van der Waals surface area contributed by atoms with Crippen LogP contribution in [0.25, 0.3) is 11.1 Å². The van der Waals surface area contributed by atoms with Gasteiger partial charge in [-0.1, -0.05) is 54.6 Å². The molecule has 0 saturated heterocycles. The Labute approximate surface area is 160 Å². The Morgan fingerprint density at radius 2 is 1.74 bits per heavy atom. The molecule has 0 aliphatic carbocycles. The van der Waals surface area contributed by atoms with Crippen LogP contribution in [0.3, 0.4) is 0 Å². The highest BCUT2D eigenvalue weighted by atomic mass is 16.5. The summed E-state index contributed by atoms with van der Waals surface area (Å²) in [7, 11) is 0. The summed E-state index contributed by atoms with van der Waals surface area (Å²) in [6.45, 7) is 4.63. The van der Waals surface area contributed by atoms with Gasteiger partial charge in [0.1, 0.15) is 12.4 Å². The molecule has 1 heterocycles. The van der Waals surface area contributed by atoms with E-state index < -0.39 is 5.41 Å². The third-order valence-corrected chi connectivity index (χ3v) is 4.57. The fraction of sp³-hybridized carbons (Fsp3) is 0.217. The third kappa shape index (κ3) is 4.53. The van der Waals surface area contributed by atoms with E-state index in [2.05, 4.69) is 22.4 Å². The van der Waals surface area contributed by atoms with Crippen molar-refractivity contribution < 1.29 is 9.53 Å². The molecule has 0 spiro atoms. The number of carbonyl (C=O) groups excluding carboxylic acids is 1. The Bertz CT molecular complexity index is 877. The summed E-state index contributed by atoms with van der Waals surface area (Å²) in [5, 5.41) is 2.96. The first-order valence-corrected chi connectivity index (χ1v) is 9.05. The molecule has 0 aliphatic rings. The number of benzene rings is 2. The van der Waals surface area contributed by atoms with Crippen molar-refractivity contribution in [3.8, 4) is 16.9 Å². The minimum Gasteiger partial charge on any atom is -0.491 e. The first-order chi connectivity index (χ1) is 13.1. The van der Waals surface area contributed by atoms with E-state index in [1.165, 1.54) is 0 Å². The van der Waals surface area contributed by atoms with Gasteiger partial charge in [-0.3, -0.25) is 9.78 Å². The summed E-state index contributed by atoms with van der Waals surface area (Å²) in [6.07, 6.45) is 3.43. The van der Waals surface area contributed by atoms with E-state index in [-0.39, 0.29) is 5.91 Å². The number of ether oxygens (including phenoxy) is 1. The fourth-order valence-corrected chi connectivity index (χ4v) is 2.86. The molecule has 4 nitrogen and oxygen atoms in total. The SMILES string of the molecule is CC(C)(C(=O)NCCOc1ccccc1-c1ccccc1)c1cccnc1. The molecule has 1 amide bonds. The standard InChI is InChI=1S/C23H24N2O2/c1-23(2,19-11-8-14-24-17-19)22(26)25-15-16-27-21-13-7-6-12-20(21)18-9-4-3-5-10-18/h3-14,17H,15-16H2,1-2H3,(H,25,26). The van der Waals surface area contributed by atoms with Crippen LogP contribution in [-0.4, -0.2) is 24.0 Å². The zero-order valence-electron chi connectivity index (χ0n) is 15.7. The molecule has 2 aromatic carbocycles. The van der Waals surface area contributed by atoms with E-state index in [9.17, 15) is 4.79 Å². The van der Waals surface area contributed by atoms with Gasteiger partial charge in [0.15, 0.2) is 0 Å². The second kappa shape index (κ2) is 8.49. The smallest absolute Gasteiger partial charge is 0.230 e. The molecule has 0 bridgehead atoms. The summed E-state index contributed by atoms with van der Waals surface area (Å²) in [5.41, 5.74) is 2.39. The first-order valence-electron chi connectivity index (χ1n) is 9.05. The quantitative estimate of drug-likeness (QED) is 0.642. The van der Waals surface area contributed by atoms with Crippen LogP contribution in [0.15, 0.2) is 79.1 Å². The van der Waals surface area contributed by atoms with Crippen molar-refractivity contribution >= 4 is 5.91 Å². The average molecular weight is 360 g/mol. The predicted octanol–water partition coefficient (Wildman–Crippen LogP) is 4.22. The lowest BCUT2D eigenvalue weighted by molar-refractivity contribution is -0.125. The number of pyridine rings is 1. The molecule has 138 valence electrons. The van der Waals surface area contributed by atoms with Crippen LogP contribution in [0.2, 0.25) is 0 Å². The summed E-state index contributed by atoms with van der Waals surface area (Å²) >= 11 is 0. The van der Waals surface area contributed by atoms with Gasteiger partial charge in [-0.25, -0.2) is 0 Å². The van der Waals surface area contributed by atoms with Crippen LogP contribution in [0.4, 0.5) is 0 Å². The number of hydrogen-bond acceptors (Lipinski definition) is 3. The maximum absolute atomic E-state index is 12.6. The van der Waals surface area contributed by atoms with Crippen molar-refractivity contribution in [2.24, 2.45) is 0 Å². The lowest BCUT2D eigenvalue weighted by Gasteiger charge is -2.23. The molecule has 27 heavy (non-hydrogen) atoms. The number of nitrogens with zero attached hydrogens (tertiary/aromatic N) is 1. The molecule has 3 aromatic rings. The molecule has 0 unspecified atom stereocenters. The van der Waals surface area contributed by atoms with E-state index >= 15 is 0 Å². The Morgan fingerprint density at radius 1 is 1.00 bits per heavy atom. The van der Waals surface area contributed by atoms with Gasteiger partial charge in [-0.2, -0.15) is 0 Å². The van der Waals surface area contributed by atoms with Gasteiger partial charge in [0.2, 0.25) is 5.91 Å². The van der Waals surface area contributed by atoms with Gasteiger partial charge in [-0.05, 0) is 37.1 Å². The molecule has 0 fully saturated rings. The van der Waals surface area contributed by atoms with Gasteiger partial charge in [0, 0.05) is 18.0 Å². The van der Waals surface area contributed by atoms with E-state index in [1.54, 1.807) is 12.4 Å². The van der Waals surface area contributed by atoms with Gasteiger partial charge in [0.25, 0.3) is 0 Å². The fourth-order valence-electron chi connectivity index (χ4n) is 2.86. The molecule has 0 atom stereocenters. The molecule has 3 rings (SSSR count). The van der Waals surface area contributed by atoms with E-state index in [0.717, 1.165) is 22.4 Å². The van der Waals surface area contributed by atoms with Gasteiger partial charge >= 0.3 is 0 Å². The molecule has 1 aromatic heterocycles. The summed E-state index contributed by atoms with van der Waals surface area (Å²) < 4.78 is 5.93. The van der Waals surface area contributed by atoms with Crippen molar-refractivity contribution in [3.63, 3.8) is 0 Å². The third-order valence-electron chi connectivity index (χ3n) is 4.57. The number of rotatable bonds is 7. The summed E-state index contributed by atoms with van der Waals surface area (Å²) in [5.74, 6) is 0.764. The van der Waals surface area contributed by atoms with E-state index in [1.807, 2.05) is 68.4 Å². The maximum Gasteiger partial charge on any atom is 0.230 e. The van der Waals surface area contributed by atoms with Crippen LogP contribution >= 0.6 is 0 Å². The minimum absolute atomic E-state index is 0.0459. The number of carbonyl (C=O) groups is 1. The maximum atomic E-state index is 12.6. The number of para-hydroxylation sites is 1. The van der Waals surface area contributed by atoms with Crippen LogP contribution in [0, 0.1) is 0 Å². The van der Waals surface area contributed by atoms with Crippen LogP contribution < -0.4 is 10.1 Å². The number of nitrogens with one attached hydrogen (secondary N) is 1. The summed E-state index contributed by atoms with van der Waals surface area (Å²) in [6, 6.07) is 21.8. The largest absolute Gasteiger partial charge is 0.491 e. The summed E-state index contributed by atoms with van der Waals surface area (Å²) in [4.78, 5) is 16.7.